The summed E-state index contributed by atoms with van der Waals surface area (Å²) >= 11 is 1.81. The van der Waals surface area contributed by atoms with Crippen LogP contribution < -0.4 is 0 Å². The highest BCUT2D eigenvalue weighted by molar-refractivity contribution is 7.18. The number of hydrogen-bond acceptors (Lipinski definition) is 4. The Morgan fingerprint density at radius 3 is 2.95 bits per heavy atom. The van der Waals surface area contributed by atoms with E-state index in [0.29, 0.717) is 5.41 Å². The Morgan fingerprint density at radius 2 is 2.26 bits per heavy atom. The Hall–Kier alpha value is -0.910. The number of ether oxygens (including phenoxy) is 1. The highest BCUT2D eigenvalue weighted by Crippen LogP contribution is 2.39. The smallest absolute Gasteiger partial charge is 0.149 e. The number of rotatable bonds is 2. The molecule has 4 nitrogen and oxygen atoms in total. The van der Waals surface area contributed by atoms with Crippen LogP contribution in [0.1, 0.15) is 22.7 Å². The number of aryl methyl sites for hydroxylation is 2. The molecule has 0 aliphatic carbocycles. The van der Waals surface area contributed by atoms with Gasteiger partial charge in [0.25, 0.3) is 0 Å². The molecule has 4 rings (SSSR count). The van der Waals surface area contributed by atoms with Crippen LogP contribution in [0.2, 0.25) is 0 Å². The van der Waals surface area contributed by atoms with Gasteiger partial charge in [-0.2, -0.15) is 0 Å². The summed E-state index contributed by atoms with van der Waals surface area (Å²) in [4.78, 5) is 10.5. The molecule has 1 N–H and O–H groups in total. The van der Waals surface area contributed by atoms with Gasteiger partial charge in [-0.3, -0.25) is 4.90 Å². The number of likely N-dealkylation sites (tertiary alicyclic amines) is 1. The van der Waals surface area contributed by atoms with E-state index in [2.05, 4.69) is 28.7 Å². The van der Waals surface area contributed by atoms with E-state index >= 15 is 0 Å². The van der Waals surface area contributed by atoms with Crippen molar-refractivity contribution in [3.05, 3.63) is 16.3 Å². The van der Waals surface area contributed by atoms with E-state index in [4.69, 9.17) is 4.74 Å². The normalized spacial score (nSPS) is 22.4. The van der Waals surface area contributed by atoms with Gasteiger partial charge in [0.15, 0.2) is 0 Å². The van der Waals surface area contributed by atoms with Crippen LogP contribution in [0.25, 0.3) is 10.3 Å². The topological polar surface area (TPSA) is 41.2 Å². The fourth-order valence-corrected chi connectivity index (χ4v) is 4.31. The largest absolute Gasteiger partial charge is 0.380 e. The molecule has 0 bridgehead atoms. The molecule has 19 heavy (non-hydrogen) atoms. The molecule has 0 saturated carbocycles. The number of nitrogens with one attached hydrogen (secondary N) is 1. The Labute approximate surface area is 116 Å². The van der Waals surface area contributed by atoms with Gasteiger partial charge in [-0.15, -0.1) is 11.3 Å². The molecule has 0 unspecified atom stereocenters. The third-order valence-electron chi connectivity index (χ3n) is 4.48. The first kappa shape index (κ1) is 11.9. The number of hydrogen-bond donors (Lipinski definition) is 1. The number of aromatic amines is 1. The molecule has 2 aliphatic heterocycles. The van der Waals surface area contributed by atoms with Crippen molar-refractivity contribution >= 4 is 21.7 Å². The molecule has 0 amide bonds. The summed E-state index contributed by atoms with van der Waals surface area (Å²) in [5, 5.41) is 1.15. The van der Waals surface area contributed by atoms with Gasteiger partial charge in [-0.1, -0.05) is 0 Å². The molecular weight excluding hydrogens is 258 g/mol. The summed E-state index contributed by atoms with van der Waals surface area (Å²) in [5.41, 5.74) is 4.26. The van der Waals surface area contributed by atoms with Gasteiger partial charge in [-0.25, -0.2) is 4.98 Å². The third-order valence-corrected chi connectivity index (χ3v) is 5.51. The Morgan fingerprint density at radius 1 is 1.42 bits per heavy atom. The predicted octanol–water partition coefficient (Wildman–Crippen LogP) is 2.46. The molecule has 5 heteroatoms. The quantitative estimate of drug-likeness (QED) is 0.917. The van der Waals surface area contributed by atoms with Crippen molar-refractivity contribution in [3.8, 4) is 0 Å². The van der Waals surface area contributed by atoms with Crippen molar-refractivity contribution < 1.29 is 4.74 Å². The van der Waals surface area contributed by atoms with Crippen molar-refractivity contribution in [2.45, 2.75) is 26.8 Å². The first-order valence-electron chi connectivity index (χ1n) is 6.90. The number of aromatic nitrogens is 2. The molecule has 2 fully saturated rings. The number of thiazole rings is 1. The highest BCUT2D eigenvalue weighted by Gasteiger charge is 2.44. The van der Waals surface area contributed by atoms with E-state index in [0.717, 1.165) is 30.4 Å². The minimum atomic E-state index is 0.479. The first-order chi connectivity index (χ1) is 9.15. The SMILES string of the molecule is Cc1nc2[nH]c(C)c(CN3CCC4(COC4)C3)c2s1. The predicted molar refractivity (Wildman–Crippen MR) is 76.6 cm³/mol. The van der Waals surface area contributed by atoms with Crippen LogP contribution in [0, 0.1) is 19.3 Å². The Bertz CT molecular complexity index is 626. The van der Waals surface area contributed by atoms with Gasteiger partial charge < -0.3 is 9.72 Å². The van der Waals surface area contributed by atoms with Gasteiger partial charge >= 0.3 is 0 Å². The lowest BCUT2D eigenvalue weighted by molar-refractivity contribution is -0.105. The molecule has 102 valence electrons. The second-order valence-corrected chi connectivity index (χ2v) is 7.30. The van der Waals surface area contributed by atoms with Crippen LogP contribution in [-0.2, 0) is 11.3 Å². The third kappa shape index (κ3) is 1.83. The zero-order valence-electron chi connectivity index (χ0n) is 11.5. The highest BCUT2D eigenvalue weighted by atomic mass is 32.1. The average Bonchev–Trinajstić information content (AvgIpc) is 2.95. The van der Waals surface area contributed by atoms with Gasteiger partial charge in [0.1, 0.15) is 5.65 Å². The van der Waals surface area contributed by atoms with Crippen LogP contribution in [0.15, 0.2) is 0 Å². The van der Waals surface area contributed by atoms with Crippen molar-refractivity contribution in [3.63, 3.8) is 0 Å². The van der Waals surface area contributed by atoms with Crippen molar-refractivity contribution in [2.75, 3.05) is 26.3 Å². The maximum atomic E-state index is 5.40. The van der Waals surface area contributed by atoms with E-state index in [1.165, 1.54) is 35.5 Å². The minimum absolute atomic E-state index is 0.479. The standard InChI is InChI=1S/C14H19N3OS/c1-9-11(12-13(15-9)16-10(2)19-12)5-17-4-3-14(6-17)7-18-8-14/h15H,3-8H2,1-2H3. The maximum absolute atomic E-state index is 5.40. The molecule has 2 aromatic rings. The molecule has 0 radical (unpaired) electrons. The van der Waals surface area contributed by atoms with Crippen LogP contribution in [0.3, 0.4) is 0 Å². The molecule has 2 aliphatic rings. The van der Waals surface area contributed by atoms with E-state index in [1.54, 1.807) is 0 Å². The summed E-state index contributed by atoms with van der Waals surface area (Å²) in [6.45, 7) is 9.61. The van der Waals surface area contributed by atoms with Crippen molar-refractivity contribution in [1.82, 2.24) is 14.9 Å². The summed E-state index contributed by atoms with van der Waals surface area (Å²) in [5.74, 6) is 0. The second-order valence-electron chi connectivity index (χ2n) is 6.09. The summed E-state index contributed by atoms with van der Waals surface area (Å²) in [6.07, 6.45) is 1.29. The lowest BCUT2D eigenvalue weighted by Crippen LogP contribution is -2.44. The molecule has 0 atom stereocenters. The van der Waals surface area contributed by atoms with Crippen molar-refractivity contribution in [1.29, 1.82) is 0 Å². The van der Waals surface area contributed by atoms with E-state index in [1.807, 2.05) is 11.3 Å². The fraction of sp³-hybridized carbons (Fsp3) is 0.643. The molecule has 0 aromatic carbocycles. The lowest BCUT2D eigenvalue weighted by Gasteiger charge is -2.37. The van der Waals surface area contributed by atoms with E-state index < -0.39 is 0 Å². The summed E-state index contributed by atoms with van der Waals surface area (Å²) in [6, 6.07) is 0. The molecule has 1 spiro atoms. The number of H-pyrrole nitrogens is 1. The molecular formula is C14H19N3OS. The zero-order chi connectivity index (χ0) is 13.0. The minimum Gasteiger partial charge on any atom is -0.380 e. The van der Waals surface area contributed by atoms with Crippen LogP contribution >= 0.6 is 11.3 Å². The van der Waals surface area contributed by atoms with Crippen LogP contribution in [0.5, 0.6) is 0 Å². The molecule has 2 aromatic heterocycles. The molecule has 2 saturated heterocycles. The van der Waals surface area contributed by atoms with Gasteiger partial charge in [0.05, 0.1) is 22.9 Å². The van der Waals surface area contributed by atoms with E-state index in [9.17, 15) is 0 Å². The Balaban J connectivity index is 1.59. The first-order valence-corrected chi connectivity index (χ1v) is 7.72. The summed E-state index contributed by atoms with van der Waals surface area (Å²) in [7, 11) is 0. The fourth-order valence-electron chi connectivity index (χ4n) is 3.34. The van der Waals surface area contributed by atoms with Crippen LogP contribution in [-0.4, -0.2) is 41.2 Å². The van der Waals surface area contributed by atoms with Crippen LogP contribution in [0.4, 0.5) is 0 Å². The monoisotopic (exact) mass is 277 g/mol. The Kier molecular flexibility index (Phi) is 2.53. The average molecular weight is 277 g/mol. The lowest BCUT2D eigenvalue weighted by atomic mass is 9.85. The molecule has 4 heterocycles. The maximum Gasteiger partial charge on any atom is 0.149 e. The number of nitrogens with zero attached hydrogens (tertiary/aromatic N) is 2. The zero-order valence-corrected chi connectivity index (χ0v) is 12.3. The summed E-state index contributed by atoms with van der Waals surface area (Å²) < 4.78 is 6.75. The van der Waals surface area contributed by atoms with Gasteiger partial charge in [-0.05, 0) is 26.8 Å². The van der Waals surface area contributed by atoms with Gasteiger partial charge in [0, 0.05) is 29.8 Å². The second kappa shape index (κ2) is 4.04. The van der Waals surface area contributed by atoms with Gasteiger partial charge in [0.2, 0.25) is 0 Å². The van der Waals surface area contributed by atoms with Crippen molar-refractivity contribution in [2.24, 2.45) is 5.41 Å². The van der Waals surface area contributed by atoms with E-state index in [-0.39, 0.29) is 0 Å². The number of fused-ring (bicyclic) bond motifs is 1.